The molecule has 0 fully saturated rings. The van der Waals surface area contributed by atoms with Crippen molar-refractivity contribution in [3.05, 3.63) is 65.5 Å². The van der Waals surface area contributed by atoms with Crippen LogP contribution in [-0.2, 0) is 22.4 Å². The molecule has 0 unspecified atom stereocenters. The van der Waals surface area contributed by atoms with Crippen LogP contribution < -0.4 is 4.74 Å². The molecular formula is C24H29FO4. The Morgan fingerprint density at radius 1 is 1.14 bits per heavy atom. The van der Waals surface area contributed by atoms with E-state index >= 15 is 0 Å². The molecule has 0 aliphatic rings. The first-order valence-electron chi connectivity index (χ1n) is 9.94. The van der Waals surface area contributed by atoms with Crippen LogP contribution in [0, 0.1) is 5.82 Å². The lowest BCUT2D eigenvalue weighted by atomic mass is 9.98. The van der Waals surface area contributed by atoms with E-state index in [1.807, 2.05) is 24.3 Å². The Morgan fingerprint density at radius 3 is 2.59 bits per heavy atom. The van der Waals surface area contributed by atoms with E-state index < -0.39 is 5.97 Å². The van der Waals surface area contributed by atoms with Crippen molar-refractivity contribution < 1.29 is 23.8 Å². The molecule has 0 atom stereocenters. The second-order valence-electron chi connectivity index (χ2n) is 6.98. The molecule has 0 aliphatic carbocycles. The predicted molar refractivity (Wildman–Crippen MR) is 113 cm³/mol. The Balaban J connectivity index is 2.19. The number of aliphatic hydroxyl groups is 1. The van der Waals surface area contributed by atoms with Gasteiger partial charge in [0.25, 0.3) is 0 Å². The largest absolute Gasteiger partial charge is 0.491 e. The predicted octanol–water partition coefficient (Wildman–Crippen LogP) is 4.87. The third-order valence-corrected chi connectivity index (χ3v) is 4.46. The van der Waals surface area contributed by atoms with Crippen molar-refractivity contribution in [2.75, 3.05) is 19.8 Å². The smallest absolute Gasteiger partial charge is 0.333 e. The Labute approximate surface area is 172 Å². The standard InChI is InChI=1S/C24H29FO4/c1-4-6-18-8-10-21(22(25)15-18)19-9-11-23(28-14-12-26)20(16-19)7-5-13-29-24(27)17(2)3/h8-11,15-16,26H,2,4-7,12-14H2,1,3H3. The Bertz CT molecular complexity index is 845. The highest BCUT2D eigenvalue weighted by molar-refractivity contribution is 5.86. The van der Waals surface area contributed by atoms with Gasteiger partial charge >= 0.3 is 5.97 Å². The van der Waals surface area contributed by atoms with Crippen LogP contribution in [0.1, 0.15) is 37.8 Å². The molecule has 0 aromatic heterocycles. The molecule has 1 N–H and O–H groups in total. The van der Waals surface area contributed by atoms with E-state index in [2.05, 4.69) is 13.5 Å². The molecule has 29 heavy (non-hydrogen) atoms. The van der Waals surface area contributed by atoms with E-state index in [0.717, 1.165) is 29.5 Å². The summed E-state index contributed by atoms with van der Waals surface area (Å²) in [5, 5.41) is 9.04. The molecule has 2 rings (SSSR count). The van der Waals surface area contributed by atoms with Crippen molar-refractivity contribution in [2.45, 2.75) is 39.5 Å². The van der Waals surface area contributed by atoms with E-state index in [4.69, 9.17) is 14.6 Å². The van der Waals surface area contributed by atoms with E-state index in [1.165, 1.54) is 0 Å². The van der Waals surface area contributed by atoms with Gasteiger partial charge in [0.15, 0.2) is 0 Å². The number of ether oxygens (including phenoxy) is 2. The minimum absolute atomic E-state index is 0.0923. The number of hydrogen-bond donors (Lipinski definition) is 1. The molecule has 0 saturated carbocycles. The van der Waals surface area contributed by atoms with Crippen LogP contribution in [0.4, 0.5) is 4.39 Å². The van der Waals surface area contributed by atoms with Crippen molar-refractivity contribution in [3.63, 3.8) is 0 Å². The summed E-state index contributed by atoms with van der Waals surface area (Å²) in [5.41, 5.74) is 3.51. The summed E-state index contributed by atoms with van der Waals surface area (Å²) >= 11 is 0. The van der Waals surface area contributed by atoms with Crippen molar-refractivity contribution in [1.29, 1.82) is 0 Å². The zero-order valence-corrected chi connectivity index (χ0v) is 17.2. The summed E-state index contributed by atoms with van der Waals surface area (Å²) in [7, 11) is 0. The lowest BCUT2D eigenvalue weighted by Gasteiger charge is -2.14. The first kappa shape index (κ1) is 22.6. The summed E-state index contributed by atoms with van der Waals surface area (Å²) in [4.78, 5) is 11.5. The molecule has 0 heterocycles. The summed E-state index contributed by atoms with van der Waals surface area (Å²) in [6, 6.07) is 10.9. The second kappa shape index (κ2) is 11.4. The SMILES string of the molecule is C=C(C)C(=O)OCCCc1cc(-c2ccc(CCC)cc2F)ccc1OCCO. The number of rotatable bonds is 11. The highest BCUT2D eigenvalue weighted by atomic mass is 19.1. The molecule has 0 spiro atoms. The molecule has 0 saturated heterocycles. The fraction of sp³-hybridized carbons (Fsp3) is 0.375. The Hall–Kier alpha value is -2.66. The number of carbonyl (C=O) groups is 1. The first-order chi connectivity index (χ1) is 14.0. The summed E-state index contributed by atoms with van der Waals surface area (Å²) in [5.74, 6) is -0.0249. The fourth-order valence-electron chi connectivity index (χ4n) is 3.03. The molecule has 0 amide bonds. The van der Waals surface area contributed by atoms with E-state index in [9.17, 15) is 9.18 Å². The van der Waals surface area contributed by atoms with Crippen molar-refractivity contribution >= 4 is 5.97 Å². The second-order valence-corrected chi connectivity index (χ2v) is 6.98. The van der Waals surface area contributed by atoms with Crippen LogP contribution in [0.3, 0.4) is 0 Å². The van der Waals surface area contributed by atoms with Crippen LogP contribution in [0.15, 0.2) is 48.6 Å². The highest BCUT2D eigenvalue weighted by Gasteiger charge is 2.11. The maximum absolute atomic E-state index is 14.6. The summed E-state index contributed by atoms with van der Waals surface area (Å²) in [6.45, 7) is 7.57. The Kier molecular flexibility index (Phi) is 8.87. The average molecular weight is 400 g/mol. The average Bonchev–Trinajstić information content (AvgIpc) is 2.70. The number of carbonyl (C=O) groups excluding carboxylic acids is 1. The van der Waals surface area contributed by atoms with Crippen molar-refractivity contribution in [3.8, 4) is 16.9 Å². The zero-order valence-electron chi connectivity index (χ0n) is 17.2. The van der Waals surface area contributed by atoms with Gasteiger partial charge in [-0.1, -0.05) is 38.1 Å². The molecule has 4 nitrogen and oxygen atoms in total. The van der Waals surface area contributed by atoms with Crippen molar-refractivity contribution in [2.24, 2.45) is 0 Å². The first-order valence-corrected chi connectivity index (χ1v) is 9.94. The molecule has 0 radical (unpaired) electrons. The monoisotopic (exact) mass is 400 g/mol. The maximum atomic E-state index is 14.6. The summed E-state index contributed by atoms with van der Waals surface area (Å²) < 4.78 is 25.4. The molecule has 0 bridgehead atoms. The lowest BCUT2D eigenvalue weighted by Crippen LogP contribution is -2.08. The number of aryl methyl sites for hydroxylation is 2. The van der Waals surface area contributed by atoms with Crippen LogP contribution >= 0.6 is 0 Å². The van der Waals surface area contributed by atoms with Crippen LogP contribution in [0.2, 0.25) is 0 Å². The fourth-order valence-corrected chi connectivity index (χ4v) is 3.03. The van der Waals surface area contributed by atoms with Crippen LogP contribution in [-0.4, -0.2) is 30.9 Å². The quantitative estimate of drug-likeness (QED) is 0.332. The van der Waals surface area contributed by atoms with Crippen LogP contribution in [0.5, 0.6) is 5.75 Å². The van der Waals surface area contributed by atoms with Gasteiger partial charge in [0.05, 0.1) is 13.2 Å². The minimum atomic E-state index is -0.412. The molecule has 156 valence electrons. The highest BCUT2D eigenvalue weighted by Crippen LogP contribution is 2.30. The topological polar surface area (TPSA) is 55.8 Å². The van der Waals surface area contributed by atoms with Gasteiger partial charge in [-0.15, -0.1) is 0 Å². The molecule has 0 aliphatic heterocycles. The lowest BCUT2D eigenvalue weighted by molar-refractivity contribution is -0.139. The van der Waals surface area contributed by atoms with Crippen molar-refractivity contribution in [1.82, 2.24) is 0 Å². The third-order valence-electron chi connectivity index (χ3n) is 4.46. The van der Waals surface area contributed by atoms with Gasteiger partial charge in [0.2, 0.25) is 0 Å². The maximum Gasteiger partial charge on any atom is 0.333 e. The van der Waals surface area contributed by atoms with Gasteiger partial charge in [0, 0.05) is 11.1 Å². The van der Waals surface area contributed by atoms with Gasteiger partial charge in [-0.3, -0.25) is 0 Å². The van der Waals surface area contributed by atoms with Gasteiger partial charge in [0.1, 0.15) is 18.2 Å². The third kappa shape index (κ3) is 6.71. The number of hydrogen-bond acceptors (Lipinski definition) is 4. The number of esters is 1. The van der Waals surface area contributed by atoms with E-state index in [1.54, 1.807) is 19.1 Å². The van der Waals surface area contributed by atoms with Gasteiger partial charge in [-0.05, 0) is 61.1 Å². The number of halogens is 1. The van der Waals surface area contributed by atoms with Gasteiger partial charge < -0.3 is 14.6 Å². The zero-order chi connectivity index (χ0) is 21.2. The minimum Gasteiger partial charge on any atom is -0.491 e. The van der Waals surface area contributed by atoms with Gasteiger partial charge in [-0.2, -0.15) is 0 Å². The molecule has 2 aromatic carbocycles. The number of benzene rings is 2. The molecule has 2 aromatic rings. The normalized spacial score (nSPS) is 10.6. The summed E-state index contributed by atoms with van der Waals surface area (Å²) in [6.07, 6.45) is 3.00. The Morgan fingerprint density at radius 2 is 1.93 bits per heavy atom. The molecule has 5 heteroatoms. The van der Waals surface area contributed by atoms with E-state index in [0.29, 0.717) is 29.7 Å². The van der Waals surface area contributed by atoms with Gasteiger partial charge in [-0.25, -0.2) is 9.18 Å². The number of aliphatic hydroxyl groups excluding tert-OH is 1. The van der Waals surface area contributed by atoms with E-state index in [-0.39, 0.29) is 25.6 Å². The van der Waals surface area contributed by atoms with Crippen LogP contribution in [0.25, 0.3) is 11.1 Å². The molecular weight excluding hydrogens is 371 g/mol.